The molecule has 0 atom stereocenters. The quantitative estimate of drug-likeness (QED) is 0.326. The van der Waals surface area contributed by atoms with Crippen LogP contribution in [-0.2, 0) is 5.54 Å². The number of carbonyl (C=O) groups excluding carboxylic acids is 1. The lowest BCUT2D eigenvalue weighted by Gasteiger charge is -2.22. The molecule has 3 N–H and O–H groups in total. The highest BCUT2D eigenvalue weighted by molar-refractivity contribution is 5.95. The minimum Gasteiger partial charge on any atom is -0.492 e. The van der Waals surface area contributed by atoms with Crippen LogP contribution in [0.5, 0.6) is 5.75 Å². The van der Waals surface area contributed by atoms with Gasteiger partial charge < -0.3 is 20.7 Å². The first-order valence-corrected chi connectivity index (χ1v) is 13.2. The summed E-state index contributed by atoms with van der Waals surface area (Å²) in [5, 5.41) is 9.82. The molecule has 2 aliphatic carbocycles. The van der Waals surface area contributed by atoms with E-state index in [4.69, 9.17) is 4.74 Å². The molecular weight excluding hydrogens is 466 g/mol. The summed E-state index contributed by atoms with van der Waals surface area (Å²) < 4.78 is 7.68. The van der Waals surface area contributed by atoms with Crippen LogP contribution >= 0.6 is 0 Å². The summed E-state index contributed by atoms with van der Waals surface area (Å²) >= 11 is 0. The first kappa shape index (κ1) is 25.0. The van der Waals surface area contributed by atoms with Crippen LogP contribution in [0, 0.1) is 6.92 Å². The van der Waals surface area contributed by atoms with Gasteiger partial charge in [0, 0.05) is 36.1 Å². The van der Waals surface area contributed by atoms with E-state index in [2.05, 4.69) is 33.9 Å². The number of aryl methyl sites for hydroxylation is 1. The summed E-state index contributed by atoms with van der Waals surface area (Å²) in [5.74, 6) is 1.00. The van der Waals surface area contributed by atoms with E-state index < -0.39 is 0 Å². The molecule has 37 heavy (non-hydrogen) atoms. The summed E-state index contributed by atoms with van der Waals surface area (Å²) in [4.78, 5) is 30.6. The van der Waals surface area contributed by atoms with E-state index in [0.29, 0.717) is 17.9 Å². The molecule has 8 nitrogen and oxygen atoms in total. The SMILES string of the molecule is CCCNCCOc1ccccc1C1(Nc2nccn(-c3cc(C(=O)NC4CC4)ccc3C)c2=O)CC1. The van der Waals surface area contributed by atoms with Crippen LogP contribution in [-0.4, -0.2) is 41.2 Å². The third kappa shape index (κ3) is 5.69. The number of aromatic nitrogens is 2. The minimum absolute atomic E-state index is 0.109. The zero-order chi connectivity index (χ0) is 25.8. The van der Waals surface area contributed by atoms with E-state index in [-0.39, 0.29) is 28.9 Å². The standard InChI is InChI=1S/C29H35N5O3/c1-3-14-30-16-18-37-25-7-5-4-6-23(25)29(12-13-29)33-26-28(36)34(17-15-31-26)24-19-21(9-8-20(24)2)27(35)32-22-10-11-22/h4-9,15,17,19,22,30H,3,10-14,16,18H2,1-2H3,(H,31,33)(H,32,35). The fourth-order valence-corrected chi connectivity index (χ4v) is 4.53. The summed E-state index contributed by atoms with van der Waals surface area (Å²) in [5.41, 5.74) is 2.52. The lowest BCUT2D eigenvalue weighted by molar-refractivity contribution is 0.0951. The van der Waals surface area contributed by atoms with Crippen molar-refractivity contribution in [3.63, 3.8) is 0 Å². The topological polar surface area (TPSA) is 97.3 Å². The number of nitrogens with one attached hydrogen (secondary N) is 3. The van der Waals surface area contributed by atoms with Gasteiger partial charge in [-0.3, -0.25) is 14.2 Å². The van der Waals surface area contributed by atoms with Gasteiger partial charge in [-0.1, -0.05) is 31.2 Å². The summed E-state index contributed by atoms with van der Waals surface area (Å²) in [6.07, 6.45) is 8.17. The number of amides is 1. The highest BCUT2D eigenvalue weighted by atomic mass is 16.5. The molecule has 0 aliphatic heterocycles. The molecule has 2 aliphatic rings. The fraction of sp³-hybridized carbons (Fsp3) is 0.414. The largest absolute Gasteiger partial charge is 0.492 e. The van der Waals surface area contributed by atoms with Crippen molar-refractivity contribution < 1.29 is 9.53 Å². The molecule has 1 heterocycles. The lowest BCUT2D eigenvalue weighted by Crippen LogP contribution is -2.30. The molecule has 0 saturated heterocycles. The lowest BCUT2D eigenvalue weighted by atomic mass is 10.0. The number of nitrogens with zero attached hydrogens (tertiary/aromatic N) is 2. The molecule has 2 aromatic carbocycles. The van der Waals surface area contributed by atoms with Crippen LogP contribution < -0.4 is 26.2 Å². The van der Waals surface area contributed by atoms with Crippen molar-refractivity contribution in [1.82, 2.24) is 20.2 Å². The number of para-hydroxylation sites is 1. The van der Waals surface area contributed by atoms with Crippen LogP contribution in [0.15, 0.2) is 59.7 Å². The Morgan fingerprint density at radius 2 is 1.97 bits per heavy atom. The van der Waals surface area contributed by atoms with Crippen molar-refractivity contribution in [2.75, 3.05) is 25.0 Å². The predicted octanol–water partition coefficient (Wildman–Crippen LogP) is 3.91. The Balaban J connectivity index is 1.38. The molecule has 0 spiro atoms. The van der Waals surface area contributed by atoms with E-state index >= 15 is 0 Å². The molecule has 1 aromatic heterocycles. The molecule has 0 bridgehead atoms. The van der Waals surface area contributed by atoms with Crippen LogP contribution in [0.2, 0.25) is 0 Å². The zero-order valence-corrected chi connectivity index (χ0v) is 21.5. The van der Waals surface area contributed by atoms with E-state index in [1.54, 1.807) is 29.1 Å². The van der Waals surface area contributed by atoms with E-state index in [9.17, 15) is 9.59 Å². The van der Waals surface area contributed by atoms with Gasteiger partial charge in [-0.15, -0.1) is 0 Å². The molecule has 5 rings (SSSR count). The Kier molecular flexibility index (Phi) is 7.28. The van der Waals surface area contributed by atoms with E-state index in [1.807, 2.05) is 31.2 Å². The predicted molar refractivity (Wildman–Crippen MR) is 145 cm³/mol. The maximum Gasteiger partial charge on any atom is 0.297 e. The molecule has 2 fully saturated rings. The normalized spacial score (nSPS) is 15.7. The number of hydrogen-bond acceptors (Lipinski definition) is 6. The van der Waals surface area contributed by atoms with Gasteiger partial charge in [0.05, 0.1) is 11.2 Å². The second-order valence-corrected chi connectivity index (χ2v) is 10.0. The van der Waals surface area contributed by atoms with E-state index in [1.165, 1.54) is 0 Å². The molecular formula is C29H35N5O3. The summed E-state index contributed by atoms with van der Waals surface area (Å²) in [6, 6.07) is 13.7. The van der Waals surface area contributed by atoms with Gasteiger partial charge in [-0.25, -0.2) is 4.98 Å². The third-order valence-corrected chi connectivity index (χ3v) is 6.96. The van der Waals surface area contributed by atoms with Gasteiger partial charge >= 0.3 is 0 Å². The third-order valence-electron chi connectivity index (χ3n) is 6.96. The van der Waals surface area contributed by atoms with Gasteiger partial charge in [0.1, 0.15) is 12.4 Å². The van der Waals surface area contributed by atoms with Crippen LogP contribution in [0.3, 0.4) is 0 Å². The minimum atomic E-state index is -0.389. The average molecular weight is 502 g/mol. The van der Waals surface area contributed by atoms with Crippen LogP contribution in [0.1, 0.15) is 60.5 Å². The highest BCUT2D eigenvalue weighted by Gasteiger charge is 2.47. The molecule has 8 heteroatoms. The molecule has 0 radical (unpaired) electrons. The second kappa shape index (κ2) is 10.8. The van der Waals surface area contributed by atoms with Gasteiger partial charge in [-0.05, 0) is 69.3 Å². The smallest absolute Gasteiger partial charge is 0.297 e. The highest BCUT2D eigenvalue weighted by Crippen LogP contribution is 2.50. The van der Waals surface area contributed by atoms with E-state index in [0.717, 1.165) is 62.1 Å². The number of carbonyl (C=O) groups is 1. The molecule has 1 amide bonds. The zero-order valence-electron chi connectivity index (χ0n) is 21.5. The molecule has 3 aromatic rings. The van der Waals surface area contributed by atoms with Gasteiger partial charge in [0.2, 0.25) is 0 Å². The second-order valence-electron chi connectivity index (χ2n) is 10.0. The maximum atomic E-state index is 13.6. The van der Waals surface area contributed by atoms with Crippen molar-refractivity contribution in [2.45, 2.75) is 57.5 Å². The monoisotopic (exact) mass is 501 g/mol. The molecule has 194 valence electrons. The summed E-state index contributed by atoms with van der Waals surface area (Å²) in [7, 11) is 0. The number of anilines is 1. The average Bonchev–Trinajstić information content (AvgIpc) is 3.84. The first-order valence-electron chi connectivity index (χ1n) is 13.2. The fourth-order valence-electron chi connectivity index (χ4n) is 4.53. The van der Waals surface area contributed by atoms with Gasteiger partial charge in [0.25, 0.3) is 11.5 Å². The van der Waals surface area contributed by atoms with Crippen LogP contribution in [0.4, 0.5) is 5.82 Å². The molecule has 2 saturated carbocycles. The van der Waals surface area contributed by atoms with Crippen molar-refractivity contribution in [1.29, 1.82) is 0 Å². The number of hydrogen-bond donors (Lipinski definition) is 3. The van der Waals surface area contributed by atoms with Crippen molar-refractivity contribution >= 4 is 11.7 Å². The number of benzene rings is 2. The van der Waals surface area contributed by atoms with Crippen molar-refractivity contribution in [3.8, 4) is 11.4 Å². The van der Waals surface area contributed by atoms with Crippen LogP contribution in [0.25, 0.3) is 5.69 Å². The Morgan fingerprint density at radius 3 is 2.73 bits per heavy atom. The Hall–Kier alpha value is -3.65. The first-order chi connectivity index (χ1) is 18.0. The van der Waals surface area contributed by atoms with Gasteiger partial charge in [0.15, 0.2) is 5.82 Å². The van der Waals surface area contributed by atoms with Crippen molar-refractivity contribution in [2.24, 2.45) is 0 Å². The molecule has 0 unspecified atom stereocenters. The number of ether oxygens (including phenoxy) is 1. The Bertz CT molecular complexity index is 1330. The van der Waals surface area contributed by atoms with Crippen molar-refractivity contribution in [3.05, 3.63) is 81.9 Å². The Morgan fingerprint density at radius 1 is 1.16 bits per heavy atom. The van der Waals surface area contributed by atoms with Gasteiger partial charge in [-0.2, -0.15) is 0 Å². The summed E-state index contributed by atoms with van der Waals surface area (Å²) in [6.45, 7) is 6.40. The maximum absolute atomic E-state index is 13.6. The Labute approximate surface area is 217 Å². The number of rotatable bonds is 12.